The maximum Gasteiger partial charge on any atom is 0.263 e. The van der Waals surface area contributed by atoms with Crippen molar-refractivity contribution in [1.29, 1.82) is 0 Å². The van der Waals surface area contributed by atoms with Crippen LogP contribution in [0.3, 0.4) is 0 Å². The first-order valence-corrected chi connectivity index (χ1v) is 12.7. The summed E-state index contributed by atoms with van der Waals surface area (Å²) in [6.45, 7) is 5.01. The van der Waals surface area contributed by atoms with Crippen LogP contribution in [0.4, 0.5) is 8.78 Å². The SMILES string of the molecule is CC(=O)N1C[C@@H](NC(=O)c2c(C)[nH]c3c(-c4cc(C(F)F)ccc4OCC4CC4)ncnc23)C2(CC2)C1. The van der Waals surface area contributed by atoms with Crippen molar-refractivity contribution in [2.45, 2.75) is 52.0 Å². The number of nitrogens with one attached hydrogen (secondary N) is 2. The molecule has 3 aromatic rings. The largest absolute Gasteiger partial charge is 0.493 e. The van der Waals surface area contributed by atoms with Crippen LogP contribution in [-0.4, -0.2) is 57.4 Å². The van der Waals surface area contributed by atoms with E-state index in [1.165, 1.54) is 18.5 Å². The van der Waals surface area contributed by atoms with Crippen LogP contribution in [0, 0.1) is 18.3 Å². The maximum atomic E-state index is 13.6. The molecule has 10 heteroatoms. The van der Waals surface area contributed by atoms with Gasteiger partial charge in [0.25, 0.3) is 12.3 Å². The predicted octanol–water partition coefficient (Wildman–Crippen LogP) is 4.40. The Morgan fingerprint density at radius 3 is 2.73 bits per heavy atom. The number of likely N-dealkylation sites (tertiary alicyclic amines) is 1. The minimum absolute atomic E-state index is 0.00872. The first-order chi connectivity index (χ1) is 17.8. The molecule has 2 N–H and O–H groups in total. The molecule has 2 aliphatic carbocycles. The first kappa shape index (κ1) is 23.8. The van der Waals surface area contributed by atoms with E-state index in [1.54, 1.807) is 24.8 Å². The van der Waals surface area contributed by atoms with E-state index in [2.05, 4.69) is 20.3 Å². The number of aromatic amines is 1. The van der Waals surface area contributed by atoms with Gasteiger partial charge in [-0.15, -0.1) is 0 Å². The Hall–Kier alpha value is -3.56. The fraction of sp³-hybridized carbons (Fsp3) is 0.481. The number of aromatic nitrogens is 3. The molecule has 2 aromatic heterocycles. The van der Waals surface area contributed by atoms with Crippen LogP contribution in [-0.2, 0) is 4.79 Å². The van der Waals surface area contributed by atoms with Gasteiger partial charge in [-0.05, 0) is 56.7 Å². The number of carbonyl (C=O) groups excluding carboxylic acids is 2. The molecule has 1 atom stereocenters. The fourth-order valence-electron chi connectivity index (χ4n) is 5.39. The van der Waals surface area contributed by atoms with Crippen LogP contribution < -0.4 is 10.1 Å². The number of hydrogen-bond donors (Lipinski definition) is 2. The fourth-order valence-corrected chi connectivity index (χ4v) is 5.39. The van der Waals surface area contributed by atoms with Gasteiger partial charge in [-0.3, -0.25) is 9.59 Å². The minimum Gasteiger partial charge on any atom is -0.493 e. The summed E-state index contributed by atoms with van der Waals surface area (Å²) in [5, 5.41) is 3.15. The molecule has 0 bridgehead atoms. The van der Waals surface area contributed by atoms with E-state index in [-0.39, 0.29) is 28.8 Å². The number of alkyl halides is 2. The molecular weight excluding hydrogens is 480 g/mol. The Morgan fingerprint density at radius 2 is 2.05 bits per heavy atom. The number of amides is 2. The highest BCUT2D eigenvalue weighted by Gasteiger charge is 2.56. The third-order valence-electron chi connectivity index (χ3n) is 7.97. The normalized spacial score (nSPS) is 20.1. The van der Waals surface area contributed by atoms with Crippen molar-refractivity contribution in [2.24, 2.45) is 11.3 Å². The van der Waals surface area contributed by atoms with Gasteiger partial charge in [-0.2, -0.15) is 0 Å². The van der Waals surface area contributed by atoms with Gasteiger partial charge in [-0.25, -0.2) is 18.7 Å². The second-order valence-electron chi connectivity index (χ2n) is 10.7. The van der Waals surface area contributed by atoms with Gasteiger partial charge in [0.15, 0.2) is 0 Å². The summed E-state index contributed by atoms with van der Waals surface area (Å²) in [5.74, 6) is 0.692. The standard InChI is InChI=1S/C27H29F2N5O3/c1-14-21(26(36)33-20-10-34(15(2)35)12-27(20)7-8-27)23-24(32-14)22(30-13-31-23)18-9-17(25(28)29)5-6-19(18)37-11-16-3-4-16/h5-6,9,13,16,20,25,32H,3-4,7-8,10-12H2,1-2H3,(H,33,36)/t20-/m1/s1. The Morgan fingerprint density at radius 1 is 1.27 bits per heavy atom. The molecule has 0 radical (unpaired) electrons. The van der Waals surface area contributed by atoms with E-state index in [4.69, 9.17) is 4.74 Å². The van der Waals surface area contributed by atoms with Gasteiger partial charge in [0, 0.05) is 42.2 Å². The molecule has 3 heterocycles. The predicted molar refractivity (Wildman–Crippen MR) is 132 cm³/mol. The molecule has 1 aromatic carbocycles. The number of nitrogens with zero attached hydrogens (tertiary/aromatic N) is 3. The zero-order valence-electron chi connectivity index (χ0n) is 20.8. The monoisotopic (exact) mass is 509 g/mol. The average Bonchev–Trinajstić information content (AvgIpc) is 3.77. The van der Waals surface area contributed by atoms with Crippen molar-refractivity contribution >= 4 is 22.8 Å². The van der Waals surface area contributed by atoms with Gasteiger partial charge in [0.1, 0.15) is 23.3 Å². The van der Waals surface area contributed by atoms with Crippen LogP contribution in [0.5, 0.6) is 5.75 Å². The smallest absolute Gasteiger partial charge is 0.263 e. The second kappa shape index (κ2) is 8.78. The lowest BCUT2D eigenvalue weighted by Gasteiger charge is -2.18. The highest BCUT2D eigenvalue weighted by Crippen LogP contribution is 2.53. The summed E-state index contributed by atoms with van der Waals surface area (Å²) >= 11 is 0. The third kappa shape index (κ3) is 4.32. The van der Waals surface area contributed by atoms with Gasteiger partial charge < -0.3 is 19.9 Å². The quantitative estimate of drug-likeness (QED) is 0.492. The topological polar surface area (TPSA) is 100 Å². The Bertz CT molecular complexity index is 1400. The Labute approximate surface area is 212 Å². The molecule has 3 fully saturated rings. The molecule has 1 saturated heterocycles. The van der Waals surface area contributed by atoms with E-state index in [1.807, 2.05) is 0 Å². The van der Waals surface area contributed by atoms with Crippen molar-refractivity contribution in [3.05, 3.63) is 41.3 Å². The molecule has 2 saturated carbocycles. The van der Waals surface area contributed by atoms with Crippen molar-refractivity contribution < 1.29 is 23.1 Å². The summed E-state index contributed by atoms with van der Waals surface area (Å²) in [7, 11) is 0. The molecule has 6 rings (SSSR count). The van der Waals surface area contributed by atoms with Crippen LogP contribution in [0.25, 0.3) is 22.3 Å². The molecule has 1 aliphatic heterocycles. The van der Waals surface area contributed by atoms with Crippen molar-refractivity contribution in [3.8, 4) is 17.0 Å². The zero-order valence-corrected chi connectivity index (χ0v) is 20.8. The highest BCUT2D eigenvalue weighted by molar-refractivity contribution is 6.09. The number of rotatable bonds is 7. The lowest BCUT2D eigenvalue weighted by molar-refractivity contribution is -0.128. The number of halogens is 2. The minimum atomic E-state index is -2.64. The number of H-pyrrole nitrogens is 1. The molecule has 37 heavy (non-hydrogen) atoms. The van der Waals surface area contributed by atoms with E-state index in [0.29, 0.717) is 64.9 Å². The Kier molecular flexibility index (Phi) is 5.65. The van der Waals surface area contributed by atoms with Gasteiger partial charge in [0.05, 0.1) is 23.7 Å². The molecular formula is C27H29F2N5O3. The van der Waals surface area contributed by atoms with Crippen LogP contribution in [0.1, 0.15) is 60.6 Å². The van der Waals surface area contributed by atoms with Gasteiger partial charge >= 0.3 is 0 Å². The van der Waals surface area contributed by atoms with Crippen LogP contribution in [0.2, 0.25) is 0 Å². The summed E-state index contributed by atoms with van der Waals surface area (Å²) in [6.07, 6.45) is 2.86. The second-order valence-corrected chi connectivity index (χ2v) is 10.7. The van der Waals surface area contributed by atoms with Crippen molar-refractivity contribution in [2.75, 3.05) is 19.7 Å². The highest BCUT2D eigenvalue weighted by atomic mass is 19.3. The lowest BCUT2D eigenvalue weighted by Crippen LogP contribution is -2.41. The molecule has 0 unspecified atom stereocenters. The zero-order chi connectivity index (χ0) is 25.9. The van der Waals surface area contributed by atoms with Crippen molar-refractivity contribution in [1.82, 2.24) is 25.2 Å². The summed E-state index contributed by atoms with van der Waals surface area (Å²) in [5.41, 5.74) is 2.56. The van der Waals surface area contributed by atoms with E-state index in [9.17, 15) is 18.4 Å². The number of fused-ring (bicyclic) bond motifs is 1. The molecule has 8 nitrogen and oxygen atoms in total. The number of ether oxygens (including phenoxy) is 1. The number of aryl methyl sites for hydroxylation is 1. The average molecular weight is 510 g/mol. The summed E-state index contributed by atoms with van der Waals surface area (Å²) in [4.78, 5) is 39.3. The number of hydrogen-bond acceptors (Lipinski definition) is 5. The molecule has 3 aliphatic rings. The third-order valence-corrected chi connectivity index (χ3v) is 7.97. The van der Waals surface area contributed by atoms with Gasteiger partial charge in [-0.1, -0.05) is 0 Å². The summed E-state index contributed by atoms with van der Waals surface area (Å²) in [6, 6.07) is 4.20. The van der Waals surface area contributed by atoms with Crippen LogP contribution in [0.15, 0.2) is 24.5 Å². The number of carbonyl (C=O) groups is 2. The van der Waals surface area contributed by atoms with E-state index in [0.717, 1.165) is 25.7 Å². The van der Waals surface area contributed by atoms with E-state index >= 15 is 0 Å². The summed E-state index contributed by atoms with van der Waals surface area (Å²) < 4.78 is 33.2. The lowest BCUT2D eigenvalue weighted by atomic mass is 10.00. The van der Waals surface area contributed by atoms with E-state index < -0.39 is 6.43 Å². The van der Waals surface area contributed by atoms with Crippen molar-refractivity contribution in [3.63, 3.8) is 0 Å². The van der Waals surface area contributed by atoms with Crippen LogP contribution >= 0.6 is 0 Å². The molecule has 1 spiro atoms. The van der Waals surface area contributed by atoms with Gasteiger partial charge in [0.2, 0.25) is 5.91 Å². The Balaban J connectivity index is 1.36. The molecule has 194 valence electrons. The number of benzene rings is 1. The first-order valence-electron chi connectivity index (χ1n) is 12.7. The molecule has 2 amide bonds. The maximum absolute atomic E-state index is 13.6.